The number of benzene rings is 1. The third-order valence-corrected chi connectivity index (χ3v) is 3.80. The van der Waals surface area contributed by atoms with Crippen LogP contribution in [0.25, 0.3) is 0 Å². The SMILES string of the molecule is CCNC(=NCC(=O)N1CCCC1)NCCc1cc(F)cc(F)c1. The van der Waals surface area contributed by atoms with E-state index in [0.717, 1.165) is 32.0 Å². The molecule has 1 aromatic rings. The second kappa shape index (κ2) is 9.20. The molecule has 0 aromatic heterocycles. The van der Waals surface area contributed by atoms with E-state index in [0.29, 0.717) is 31.0 Å². The molecule has 0 bridgehead atoms. The van der Waals surface area contributed by atoms with Crippen LogP contribution in [0, 0.1) is 11.6 Å². The van der Waals surface area contributed by atoms with Gasteiger partial charge >= 0.3 is 0 Å². The summed E-state index contributed by atoms with van der Waals surface area (Å²) in [5.41, 5.74) is 0.573. The summed E-state index contributed by atoms with van der Waals surface area (Å²) < 4.78 is 26.3. The summed E-state index contributed by atoms with van der Waals surface area (Å²) in [6.45, 7) is 4.78. The average molecular weight is 338 g/mol. The minimum absolute atomic E-state index is 0.0249. The van der Waals surface area contributed by atoms with Crippen molar-refractivity contribution in [3.63, 3.8) is 0 Å². The Morgan fingerprint density at radius 3 is 2.46 bits per heavy atom. The molecule has 0 aliphatic carbocycles. The number of nitrogens with zero attached hydrogens (tertiary/aromatic N) is 2. The van der Waals surface area contributed by atoms with E-state index in [9.17, 15) is 13.6 Å². The van der Waals surface area contributed by atoms with Crippen LogP contribution in [-0.4, -0.2) is 49.5 Å². The van der Waals surface area contributed by atoms with Crippen molar-refractivity contribution in [3.05, 3.63) is 35.4 Å². The standard InChI is InChI=1S/C17H24F2N4O/c1-2-20-17(22-12-16(24)23-7-3-4-8-23)21-6-5-13-9-14(18)11-15(19)10-13/h9-11H,2-8,12H2,1H3,(H2,20,21,22). The Morgan fingerprint density at radius 2 is 1.83 bits per heavy atom. The quantitative estimate of drug-likeness (QED) is 0.613. The average Bonchev–Trinajstić information content (AvgIpc) is 3.06. The molecule has 1 amide bonds. The topological polar surface area (TPSA) is 56.7 Å². The van der Waals surface area contributed by atoms with Crippen LogP contribution in [0.15, 0.2) is 23.2 Å². The van der Waals surface area contributed by atoms with E-state index < -0.39 is 11.6 Å². The van der Waals surface area contributed by atoms with Crippen molar-refractivity contribution in [1.82, 2.24) is 15.5 Å². The van der Waals surface area contributed by atoms with Crippen molar-refractivity contribution < 1.29 is 13.6 Å². The van der Waals surface area contributed by atoms with Crippen molar-refractivity contribution in [1.29, 1.82) is 0 Å². The lowest BCUT2D eigenvalue weighted by molar-refractivity contribution is -0.128. The van der Waals surface area contributed by atoms with Crippen LogP contribution in [0.3, 0.4) is 0 Å². The molecule has 132 valence electrons. The maximum absolute atomic E-state index is 13.2. The first-order valence-corrected chi connectivity index (χ1v) is 8.33. The molecule has 1 aliphatic heterocycles. The monoisotopic (exact) mass is 338 g/mol. The summed E-state index contributed by atoms with van der Waals surface area (Å²) >= 11 is 0. The van der Waals surface area contributed by atoms with E-state index in [1.165, 1.54) is 12.1 Å². The van der Waals surface area contributed by atoms with Gasteiger partial charge in [-0.2, -0.15) is 0 Å². The summed E-state index contributed by atoms with van der Waals surface area (Å²) in [6, 6.07) is 3.48. The third-order valence-electron chi connectivity index (χ3n) is 3.80. The van der Waals surface area contributed by atoms with Crippen molar-refractivity contribution in [2.75, 3.05) is 32.7 Å². The molecule has 5 nitrogen and oxygen atoms in total. The Balaban J connectivity index is 1.83. The number of nitrogens with one attached hydrogen (secondary N) is 2. The number of amides is 1. The van der Waals surface area contributed by atoms with Gasteiger partial charge in [0.1, 0.15) is 18.2 Å². The van der Waals surface area contributed by atoms with Crippen molar-refractivity contribution in [3.8, 4) is 0 Å². The number of guanidine groups is 1. The number of carbonyl (C=O) groups is 1. The normalized spacial score (nSPS) is 14.8. The zero-order valence-electron chi connectivity index (χ0n) is 13.9. The minimum atomic E-state index is -0.582. The molecule has 7 heteroatoms. The Bertz CT molecular complexity index is 566. The van der Waals surface area contributed by atoms with Crippen molar-refractivity contribution in [2.24, 2.45) is 4.99 Å². The Morgan fingerprint density at radius 1 is 1.17 bits per heavy atom. The molecule has 2 rings (SSSR count). The van der Waals surface area contributed by atoms with Crippen LogP contribution in [0.2, 0.25) is 0 Å². The van der Waals surface area contributed by atoms with Gasteiger partial charge in [0.15, 0.2) is 5.96 Å². The zero-order chi connectivity index (χ0) is 17.4. The summed E-state index contributed by atoms with van der Waals surface area (Å²) in [7, 11) is 0. The number of hydrogen-bond acceptors (Lipinski definition) is 2. The van der Waals surface area contributed by atoms with Crippen LogP contribution in [0.5, 0.6) is 0 Å². The van der Waals surface area contributed by atoms with Gasteiger partial charge in [0.25, 0.3) is 0 Å². The van der Waals surface area contributed by atoms with Gasteiger partial charge in [0.05, 0.1) is 0 Å². The maximum atomic E-state index is 13.2. The highest BCUT2D eigenvalue weighted by atomic mass is 19.1. The van der Waals surface area contributed by atoms with Crippen LogP contribution in [0.4, 0.5) is 8.78 Å². The lowest BCUT2D eigenvalue weighted by atomic mass is 10.1. The molecule has 1 fully saturated rings. The molecule has 1 aromatic carbocycles. The summed E-state index contributed by atoms with van der Waals surface area (Å²) in [5.74, 6) is -0.609. The predicted molar refractivity (Wildman–Crippen MR) is 89.9 cm³/mol. The van der Waals surface area contributed by atoms with Crippen molar-refractivity contribution in [2.45, 2.75) is 26.2 Å². The fourth-order valence-electron chi connectivity index (χ4n) is 2.64. The molecule has 24 heavy (non-hydrogen) atoms. The van der Waals surface area contributed by atoms with E-state index >= 15 is 0 Å². The first-order chi connectivity index (χ1) is 11.6. The molecule has 1 heterocycles. The summed E-state index contributed by atoms with van der Waals surface area (Å²) in [5, 5.41) is 6.13. The first kappa shape index (κ1) is 18.2. The van der Waals surface area contributed by atoms with Gasteiger partial charge in [-0.25, -0.2) is 13.8 Å². The molecule has 0 saturated carbocycles. The minimum Gasteiger partial charge on any atom is -0.357 e. The molecule has 1 aliphatic rings. The maximum Gasteiger partial charge on any atom is 0.244 e. The molecule has 1 saturated heterocycles. The van der Waals surface area contributed by atoms with Crippen LogP contribution in [0.1, 0.15) is 25.3 Å². The van der Waals surface area contributed by atoms with Gasteiger partial charge in [0, 0.05) is 32.2 Å². The van der Waals surface area contributed by atoms with Crippen LogP contribution >= 0.6 is 0 Å². The van der Waals surface area contributed by atoms with Gasteiger partial charge in [-0.3, -0.25) is 4.79 Å². The van der Waals surface area contributed by atoms with Crippen molar-refractivity contribution >= 4 is 11.9 Å². The number of rotatable bonds is 6. The smallest absolute Gasteiger partial charge is 0.244 e. The van der Waals surface area contributed by atoms with E-state index in [1.807, 2.05) is 11.8 Å². The first-order valence-electron chi connectivity index (χ1n) is 8.33. The van der Waals surface area contributed by atoms with E-state index in [4.69, 9.17) is 0 Å². The van der Waals surface area contributed by atoms with Crippen LogP contribution < -0.4 is 10.6 Å². The fraction of sp³-hybridized carbons (Fsp3) is 0.529. The molecule has 0 atom stereocenters. The Labute approximate surface area is 141 Å². The fourth-order valence-corrected chi connectivity index (χ4v) is 2.64. The lowest BCUT2D eigenvalue weighted by Gasteiger charge is -2.15. The third kappa shape index (κ3) is 5.79. The number of halogens is 2. The van der Waals surface area contributed by atoms with E-state index in [-0.39, 0.29) is 12.5 Å². The summed E-state index contributed by atoms with van der Waals surface area (Å²) in [6.07, 6.45) is 2.56. The molecular weight excluding hydrogens is 314 g/mol. The molecule has 0 radical (unpaired) electrons. The van der Waals surface area contributed by atoms with Gasteiger partial charge in [-0.15, -0.1) is 0 Å². The molecule has 0 spiro atoms. The Hall–Kier alpha value is -2.18. The van der Waals surface area contributed by atoms with Gasteiger partial charge in [0.2, 0.25) is 5.91 Å². The second-order valence-electron chi connectivity index (χ2n) is 5.74. The summed E-state index contributed by atoms with van der Waals surface area (Å²) in [4.78, 5) is 18.1. The molecule has 2 N–H and O–H groups in total. The number of aliphatic imine (C=N–C) groups is 1. The van der Waals surface area contributed by atoms with E-state index in [1.54, 1.807) is 0 Å². The second-order valence-corrected chi connectivity index (χ2v) is 5.74. The highest BCUT2D eigenvalue weighted by Gasteiger charge is 2.17. The van der Waals surface area contributed by atoms with Gasteiger partial charge < -0.3 is 15.5 Å². The highest BCUT2D eigenvalue weighted by Crippen LogP contribution is 2.08. The largest absolute Gasteiger partial charge is 0.357 e. The zero-order valence-corrected chi connectivity index (χ0v) is 13.9. The molecular formula is C17H24F2N4O. The predicted octanol–water partition coefficient (Wildman–Crippen LogP) is 1.68. The number of likely N-dealkylation sites (tertiary alicyclic amines) is 1. The van der Waals surface area contributed by atoms with Gasteiger partial charge in [-0.05, 0) is 43.9 Å². The lowest BCUT2D eigenvalue weighted by Crippen LogP contribution is -2.39. The van der Waals surface area contributed by atoms with Crippen LogP contribution in [-0.2, 0) is 11.2 Å². The number of hydrogen-bond donors (Lipinski definition) is 2. The highest BCUT2D eigenvalue weighted by molar-refractivity contribution is 5.85. The Kier molecular flexibility index (Phi) is 6.96. The van der Waals surface area contributed by atoms with Gasteiger partial charge in [-0.1, -0.05) is 0 Å². The molecule has 0 unspecified atom stereocenters. The number of carbonyl (C=O) groups excluding carboxylic acids is 1. The van der Waals surface area contributed by atoms with E-state index in [2.05, 4.69) is 15.6 Å².